The van der Waals surface area contributed by atoms with E-state index < -0.39 is 10.9 Å². The van der Waals surface area contributed by atoms with Crippen LogP contribution in [-0.2, 0) is 4.79 Å². The number of nitro groups is 1. The summed E-state index contributed by atoms with van der Waals surface area (Å²) < 4.78 is 0.411. The number of hydrogen-bond donors (Lipinski definition) is 1. The van der Waals surface area contributed by atoms with Gasteiger partial charge in [-0.3, -0.25) is 14.9 Å². The molecule has 1 N–H and O–H groups in total. The van der Waals surface area contributed by atoms with E-state index in [-0.39, 0.29) is 17.5 Å². The fourth-order valence-electron chi connectivity index (χ4n) is 1.74. The van der Waals surface area contributed by atoms with E-state index in [0.29, 0.717) is 10.9 Å². The molecule has 0 radical (unpaired) electrons. The van der Waals surface area contributed by atoms with Crippen LogP contribution >= 0.6 is 15.9 Å². The molecular weight excluding hydrogens is 278 g/mol. The predicted molar refractivity (Wildman–Crippen MR) is 59.3 cm³/mol. The van der Waals surface area contributed by atoms with Gasteiger partial charge in [-0.05, 0) is 39.9 Å². The van der Waals surface area contributed by atoms with Crippen molar-refractivity contribution in [3.63, 3.8) is 0 Å². The van der Waals surface area contributed by atoms with Crippen LogP contribution in [-0.4, -0.2) is 16.0 Å². The first-order valence-corrected chi connectivity index (χ1v) is 5.46. The van der Waals surface area contributed by atoms with Crippen molar-refractivity contribution in [2.45, 2.75) is 12.3 Å². The number of carboxylic acid groups (broad SMARTS) is 1. The maximum Gasteiger partial charge on any atom is 0.307 e. The van der Waals surface area contributed by atoms with Crippen molar-refractivity contribution in [1.82, 2.24) is 0 Å². The van der Waals surface area contributed by atoms with Crippen molar-refractivity contribution < 1.29 is 14.8 Å². The standard InChI is InChI=1S/C10H8BrNO4/c11-8-2-1-5(3-9(8)12(15)16)6-4-7(6)10(13)14/h1-3,6-7H,4H2,(H,13,14). The van der Waals surface area contributed by atoms with Gasteiger partial charge in [-0.15, -0.1) is 0 Å². The Morgan fingerprint density at radius 1 is 1.56 bits per heavy atom. The highest BCUT2D eigenvalue weighted by atomic mass is 79.9. The lowest BCUT2D eigenvalue weighted by Gasteiger charge is -2.00. The average molecular weight is 286 g/mol. The van der Waals surface area contributed by atoms with E-state index in [9.17, 15) is 14.9 Å². The number of halogens is 1. The maximum absolute atomic E-state index is 10.7. The molecule has 84 valence electrons. The minimum absolute atomic E-state index is 0.0199. The van der Waals surface area contributed by atoms with Gasteiger partial charge >= 0.3 is 5.97 Å². The summed E-state index contributed by atoms with van der Waals surface area (Å²) in [7, 11) is 0. The molecule has 0 aliphatic heterocycles. The van der Waals surface area contributed by atoms with Gasteiger partial charge in [-0.1, -0.05) is 6.07 Å². The molecule has 5 nitrogen and oxygen atoms in total. The molecule has 0 heterocycles. The molecule has 6 heteroatoms. The van der Waals surface area contributed by atoms with E-state index in [1.807, 2.05) is 0 Å². The highest BCUT2D eigenvalue weighted by Gasteiger charge is 2.44. The highest BCUT2D eigenvalue weighted by Crippen LogP contribution is 2.48. The Morgan fingerprint density at radius 3 is 2.75 bits per heavy atom. The monoisotopic (exact) mass is 285 g/mol. The van der Waals surface area contributed by atoms with Crippen LogP contribution in [0.1, 0.15) is 17.9 Å². The summed E-state index contributed by atoms with van der Waals surface area (Å²) >= 11 is 3.09. The topological polar surface area (TPSA) is 80.4 Å². The second kappa shape index (κ2) is 3.86. The average Bonchev–Trinajstić information content (AvgIpc) is 2.97. The molecule has 1 aromatic rings. The van der Waals surface area contributed by atoms with E-state index >= 15 is 0 Å². The van der Waals surface area contributed by atoms with Crippen LogP contribution in [0.25, 0.3) is 0 Å². The van der Waals surface area contributed by atoms with E-state index in [1.54, 1.807) is 12.1 Å². The SMILES string of the molecule is O=C(O)C1CC1c1ccc(Br)c([N+](=O)[O-])c1. The smallest absolute Gasteiger partial charge is 0.307 e. The summed E-state index contributed by atoms with van der Waals surface area (Å²) in [4.78, 5) is 20.9. The van der Waals surface area contributed by atoms with Crippen LogP contribution in [0.3, 0.4) is 0 Å². The van der Waals surface area contributed by atoms with Gasteiger partial charge < -0.3 is 5.11 Å². The molecule has 1 aromatic carbocycles. The van der Waals surface area contributed by atoms with Gasteiger partial charge in [0.25, 0.3) is 5.69 Å². The second-order valence-electron chi connectivity index (χ2n) is 3.75. The second-order valence-corrected chi connectivity index (χ2v) is 4.61. The minimum Gasteiger partial charge on any atom is -0.481 e. The van der Waals surface area contributed by atoms with Crippen molar-refractivity contribution in [3.05, 3.63) is 38.3 Å². The Balaban J connectivity index is 2.28. The fourth-order valence-corrected chi connectivity index (χ4v) is 2.13. The molecule has 0 saturated heterocycles. The zero-order valence-electron chi connectivity index (χ0n) is 8.09. The number of aliphatic carboxylic acids is 1. The molecule has 1 saturated carbocycles. The number of carboxylic acids is 1. The molecule has 1 aliphatic carbocycles. The molecule has 1 aliphatic rings. The van der Waals surface area contributed by atoms with E-state index in [0.717, 1.165) is 5.56 Å². The number of rotatable bonds is 3. The Kier molecular flexibility index (Phi) is 2.67. The van der Waals surface area contributed by atoms with Crippen molar-refractivity contribution in [1.29, 1.82) is 0 Å². The summed E-state index contributed by atoms with van der Waals surface area (Å²) in [5.41, 5.74) is 0.704. The van der Waals surface area contributed by atoms with Crippen molar-refractivity contribution >= 4 is 27.6 Å². The largest absolute Gasteiger partial charge is 0.481 e. The lowest BCUT2D eigenvalue weighted by molar-refractivity contribution is -0.385. The lowest BCUT2D eigenvalue weighted by Crippen LogP contribution is -1.99. The van der Waals surface area contributed by atoms with E-state index in [1.165, 1.54) is 6.07 Å². The zero-order valence-corrected chi connectivity index (χ0v) is 9.68. The first-order valence-electron chi connectivity index (χ1n) is 4.67. The van der Waals surface area contributed by atoms with Gasteiger partial charge in [0.15, 0.2) is 0 Å². The van der Waals surface area contributed by atoms with Crippen LogP contribution in [0.2, 0.25) is 0 Å². The molecule has 0 amide bonds. The minimum atomic E-state index is -0.837. The first-order chi connectivity index (χ1) is 7.50. The Bertz CT molecular complexity index is 474. The third-order valence-electron chi connectivity index (χ3n) is 2.70. The molecule has 2 unspecified atom stereocenters. The van der Waals surface area contributed by atoms with Crippen molar-refractivity contribution in [2.24, 2.45) is 5.92 Å². The van der Waals surface area contributed by atoms with Crippen LogP contribution in [0.5, 0.6) is 0 Å². The summed E-state index contributed by atoms with van der Waals surface area (Å²) in [6.45, 7) is 0. The number of benzene rings is 1. The van der Waals surface area contributed by atoms with Crippen LogP contribution < -0.4 is 0 Å². The Labute approximate surface area is 99.4 Å². The third kappa shape index (κ3) is 1.92. The van der Waals surface area contributed by atoms with Crippen LogP contribution in [0.15, 0.2) is 22.7 Å². The predicted octanol–water partition coefficient (Wildman–Crippen LogP) is 2.55. The molecule has 0 bridgehead atoms. The Morgan fingerprint density at radius 2 is 2.25 bits per heavy atom. The summed E-state index contributed by atoms with van der Waals surface area (Å²) in [6.07, 6.45) is 0.564. The normalized spacial score (nSPS) is 22.8. The lowest BCUT2D eigenvalue weighted by atomic mass is 10.1. The van der Waals surface area contributed by atoms with E-state index in [4.69, 9.17) is 5.11 Å². The fraction of sp³-hybridized carbons (Fsp3) is 0.300. The molecule has 2 atom stereocenters. The number of carbonyl (C=O) groups is 1. The van der Waals surface area contributed by atoms with Gasteiger partial charge in [0.2, 0.25) is 0 Å². The molecular formula is C10H8BrNO4. The first kappa shape index (κ1) is 11.1. The number of nitrogens with zero attached hydrogens (tertiary/aromatic N) is 1. The summed E-state index contributed by atoms with van der Waals surface area (Å²) in [6, 6.07) is 4.76. The van der Waals surface area contributed by atoms with Gasteiger partial charge in [-0.2, -0.15) is 0 Å². The van der Waals surface area contributed by atoms with Gasteiger partial charge in [0.1, 0.15) is 0 Å². The molecule has 0 spiro atoms. The third-order valence-corrected chi connectivity index (χ3v) is 3.37. The Hall–Kier alpha value is -1.43. The molecule has 1 fully saturated rings. The maximum atomic E-state index is 10.7. The molecule has 2 rings (SSSR count). The quantitative estimate of drug-likeness (QED) is 0.684. The van der Waals surface area contributed by atoms with Crippen molar-refractivity contribution in [2.75, 3.05) is 0 Å². The van der Waals surface area contributed by atoms with E-state index in [2.05, 4.69) is 15.9 Å². The number of hydrogen-bond acceptors (Lipinski definition) is 3. The van der Waals surface area contributed by atoms with Crippen LogP contribution in [0.4, 0.5) is 5.69 Å². The summed E-state index contributed by atoms with van der Waals surface area (Å²) in [5.74, 6) is -1.30. The van der Waals surface area contributed by atoms with Gasteiger partial charge in [-0.25, -0.2) is 0 Å². The zero-order chi connectivity index (χ0) is 11.9. The van der Waals surface area contributed by atoms with Crippen molar-refractivity contribution in [3.8, 4) is 0 Å². The van der Waals surface area contributed by atoms with Crippen LogP contribution in [0, 0.1) is 16.0 Å². The molecule has 16 heavy (non-hydrogen) atoms. The number of nitro benzene ring substituents is 1. The summed E-state index contributed by atoms with van der Waals surface area (Å²) in [5, 5.41) is 19.5. The van der Waals surface area contributed by atoms with Gasteiger partial charge in [0, 0.05) is 6.07 Å². The molecule has 0 aromatic heterocycles. The van der Waals surface area contributed by atoms with Gasteiger partial charge in [0.05, 0.1) is 15.3 Å². The highest BCUT2D eigenvalue weighted by molar-refractivity contribution is 9.10.